The lowest BCUT2D eigenvalue weighted by molar-refractivity contribution is -0.137. The molecule has 5 rings (SSSR count). The van der Waals surface area contributed by atoms with E-state index in [1.54, 1.807) is 12.1 Å². The van der Waals surface area contributed by atoms with Crippen molar-refractivity contribution >= 4 is 52.0 Å². The molecule has 1 atom stereocenters. The molecule has 1 saturated heterocycles. The summed E-state index contributed by atoms with van der Waals surface area (Å²) in [4.78, 5) is 42.3. The molecular weight excluding hydrogens is 569 g/mol. The van der Waals surface area contributed by atoms with Crippen molar-refractivity contribution in [3.63, 3.8) is 0 Å². The van der Waals surface area contributed by atoms with Crippen molar-refractivity contribution in [3.8, 4) is 0 Å². The van der Waals surface area contributed by atoms with E-state index in [9.17, 15) is 27.6 Å². The van der Waals surface area contributed by atoms with Crippen LogP contribution in [0.4, 0.5) is 24.5 Å². The Kier molecular flexibility index (Phi) is 8.69. The molecule has 0 bridgehead atoms. The Labute approximate surface area is 238 Å². The highest BCUT2D eigenvalue weighted by Gasteiger charge is 2.41. The van der Waals surface area contributed by atoms with E-state index in [0.29, 0.717) is 21.7 Å². The Morgan fingerprint density at radius 3 is 2.55 bits per heavy atom. The third-order valence-corrected chi connectivity index (χ3v) is 8.76. The van der Waals surface area contributed by atoms with Crippen LogP contribution in [0.15, 0.2) is 30.3 Å². The number of hydrogen-bond acceptors (Lipinski definition) is 6. The van der Waals surface area contributed by atoms with Crippen LogP contribution in [0.1, 0.15) is 47.3 Å². The van der Waals surface area contributed by atoms with Gasteiger partial charge in [-0.05, 0) is 61.9 Å². The van der Waals surface area contributed by atoms with Gasteiger partial charge in [-0.1, -0.05) is 18.0 Å². The second-order valence-corrected chi connectivity index (χ2v) is 12.1. The number of carbonyl (C=O) groups is 3. The van der Waals surface area contributed by atoms with Crippen LogP contribution in [-0.4, -0.2) is 67.6 Å². The third-order valence-electron chi connectivity index (χ3n) is 7.53. The lowest BCUT2D eigenvalue weighted by atomic mass is 9.84. The van der Waals surface area contributed by atoms with Crippen LogP contribution < -0.4 is 15.5 Å². The van der Waals surface area contributed by atoms with Gasteiger partial charge in [-0.3, -0.25) is 19.3 Å². The maximum Gasteiger partial charge on any atom is 0.418 e. The van der Waals surface area contributed by atoms with Crippen LogP contribution in [0, 0.1) is 5.92 Å². The van der Waals surface area contributed by atoms with Gasteiger partial charge in [0.15, 0.2) is 0 Å². The lowest BCUT2D eigenvalue weighted by Gasteiger charge is -2.37. The summed E-state index contributed by atoms with van der Waals surface area (Å²) in [6.07, 6.45) is 0.193. The highest BCUT2D eigenvalue weighted by atomic mass is 35.5. The number of morpholine rings is 1. The molecule has 40 heavy (non-hydrogen) atoms. The highest BCUT2D eigenvalue weighted by Crippen LogP contribution is 2.39. The molecule has 0 radical (unpaired) electrons. The van der Waals surface area contributed by atoms with Crippen LogP contribution in [0.2, 0.25) is 4.34 Å². The average molecular weight is 599 g/mol. The average Bonchev–Trinajstić information content (AvgIpc) is 3.63. The van der Waals surface area contributed by atoms with Crippen molar-refractivity contribution in [2.75, 3.05) is 43.1 Å². The Hall–Kier alpha value is -2.67. The molecule has 3 fully saturated rings. The van der Waals surface area contributed by atoms with Gasteiger partial charge in [-0.2, -0.15) is 13.2 Å². The van der Waals surface area contributed by atoms with Crippen molar-refractivity contribution in [3.05, 3.63) is 45.1 Å². The summed E-state index contributed by atoms with van der Waals surface area (Å²) >= 11 is 7.06. The normalized spacial score (nSPS) is 18.9. The van der Waals surface area contributed by atoms with Crippen molar-refractivity contribution in [1.29, 1.82) is 0 Å². The maximum atomic E-state index is 14.2. The number of nitrogens with zero attached hydrogens (tertiary/aromatic N) is 2. The van der Waals surface area contributed by atoms with Gasteiger partial charge in [0.1, 0.15) is 12.6 Å². The van der Waals surface area contributed by atoms with Crippen LogP contribution in [0.25, 0.3) is 0 Å². The van der Waals surface area contributed by atoms with E-state index in [0.717, 1.165) is 49.5 Å². The van der Waals surface area contributed by atoms with E-state index in [2.05, 4.69) is 10.6 Å². The Morgan fingerprint density at radius 1 is 1.18 bits per heavy atom. The number of ether oxygens (including phenoxy) is 1. The number of halogens is 4. The molecule has 2 aliphatic carbocycles. The molecule has 2 N–H and O–H groups in total. The largest absolute Gasteiger partial charge is 0.418 e. The molecule has 8 nitrogen and oxygen atoms in total. The summed E-state index contributed by atoms with van der Waals surface area (Å²) in [7, 11) is 0. The highest BCUT2D eigenvalue weighted by molar-refractivity contribution is 7.18. The van der Waals surface area contributed by atoms with E-state index in [4.69, 9.17) is 16.3 Å². The van der Waals surface area contributed by atoms with E-state index in [1.165, 1.54) is 17.0 Å². The first-order valence-corrected chi connectivity index (χ1v) is 14.5. The smallest absolute Gasteiger partial charge is 0.370 e. The number of anilines is 2. The predicted molar refractivity (Wildman–Crippen MR) is 146 cm³/mol. The zero-order chi connectivity index (χ0) is 28.4. The third kappa shape index (κ3) is 6.79. The summed E-state index contributed by atoms with van der Waals surface area (Å²) in [6, 6.07) is 5.90. The Bertz CT molecular complexity index is 1260. The zero-order valence-corrected chi connectivity index (χ0v) is 23.2. The number of benzene rings is 1. The molecule has 1 aliphatic heterocycles. The minimum absolute atomic E-state index is 0.0644. The van der Waals surface area contributed by atoms with Crippen LogP contribution in [0.3, 0.4) is 0 Å². The molecule has 2 aromatic rings. The molecule has 1 aromatic heterocycles. The maximum absolute atomic E-state index is 14.2. The molecule has 3 amide bonds. The summed E-state index contributed by atoms with van der Waals surface area (Å²) in [6.45, 7) is 0.729. The van der Waals surface area contributed by atoms with Gasteiger partial charge in [0.2, 0.25) is 5.91 Å². The van der Waals surface area contributed by atoms with Gasteiger partial charge in [0.25, 0.3) is 11.8 Å². The first kappa shape index (κ1) is 28.8. The first-order chi connectivity index (χ1) is 19.1. The number of carbonyl (C=O) groups excluding carboxylic acids is 3. The summed E-state index contributed by atoms with van der Waals surface area (Å²) in [5.74, 6) is -1.05. The van der Waals surface area contributed by atoms with Gasteiger partial charge in [0, 0.05) is 31.4 Å². The molecule has 0 unspecified atom stereocenters. The van der Waals surface area contributed by atoms with Crippen LogP contribution in [-0.2, 0) is 20.5 Å². The number of thiophene rings is 1. The first-order valence-electron chi connectivity index (χ1n) is 13.3. The summed E-state index contributed by atoms with van der Waals surface area (Å²) < 4.78 is 48.0. The van der Waals surface area contributed by atoms with Gasteiger partial charge < -0.3 is 20.3 Å². The van der Waals surface area contributed by atoms with Crippen LogP contribution >= 0.6 is 22.9 Å². The fourth-order valence-electron chi connectivity index (χ4n) is 5.03. The van der Waals surface area contributed by atoms with Crippen molar-refractivity contribution in [2.45, 2.75) is 50.4 Å². The van der Waals surface area contributed by atoms with Gasteiger partial charge in [-0.25, -0.2) is 0 Å². The fraction of sp³-hybridized carbons (Fsp3) is 0.519. The molecule has 2 heterocycles. The SMILES string of the molecule is O=C(NC[C@@H](C(=O)Nc1ccc(N2CCOCC2=O)cc1C(F)(F)F)N(CC1CCC1)C1CC1)c1ccc(Cl)s1. The van der Waals surface area contributed by atoms with Gasteiger partial charge >= 0.3 is 6.18 Å². The van der Waals surface area contributed by atoms with Crippen molar-refractivity contribution in [1.82, 2.24) is 10.2 Å². The number of rotatable bonds is 10. The van der Waals surface area contributed by atoms with E-state index < -0.39 is 41.2 Å². The predicted octanol–water partition coefficient (Wildman–Crippen LogP) is 4.79. The monoisotopic (exact) mass is 598 g/mol. The number of amides is 3. The minimum atomic E-state index is -4.78. The second kappa shape index (κ2) is 12.1. The Morgan fingerprint density at radius 2 is 1.95 bits per heavy atom. The lowest BCUT2D eigenvalue weighted by Crippen LogP contribution is -2.53. The summed E-state index contributed by atoms with van der Waals surface area (Å²) in [5, 5.41) is 5.29. The van der Waals surface area contributed by atoms with Gasteiger partial charge in [-0.15, -0.1) is 11.3 Å². The van der Waals surface area contributed by atoms with E-state index in [-0.39, 0.29) is 38.0 Å². The minimum Gasteiger partial charge on any atom is -0.370 e. The van der Waals surface area contributed by atoms with E-state index in [1.807, 2.05) is 4.90 Å². The molecule has 1 aromatic carbocycles. The molecular formula is C27H30ClF3N4O4S. The quantitative estimate of drug-likeness (QED) is 0.411. The molecule has 216 valence electrons. The molecule has 3 aliphatic rings. The number of nitrogens with one attached hydrogen (secondary N) is 2. The number of hydrogen-bond donors (Lipinski definition) is 2. The Balaban J connectivity index is 1.38. The zero-order valence-electron chi connectivity index (χ0n) is 21.6. The van der Waals surface area contributed by atoms with Crippen molar-refractivity contribution in [2.24, 2.45) is 5.92 Å². The molecule has 0 spiro atoms. The fourth-order valence-corrected chi connectivity index (χ4v) is 5.99. The molecule has 2 saturated carbocycles. The molecule has 13 heteroatoms. The topological polar surface area (TPSA) is 91.0 Å². The number of alkyl halides is 3. The second-order valence-electron chi connectivity index (χ2n) is 10.4. The summed E-state index contributed by atoms with van der Waals surface area (Å²) in [5.41, 5.74) is -1.37. The van der Waals surface area contributed by atoms with E-state index >= 15 is 0 Å². The standard InChI is InChI=1S/C27H30ClF3N4O4S/c28-23-9-8-22(40-23)26(38)32-13-21(35(17-4-5-17)14-16-2-1-3-16)25(37)33-20-7-6-18(12-19(20)27(29,30)31)34-10-11-39-15-24(34)36/h6-9,12,16-17,21H,1-5,10-11,13-15H2,(H,32,38)(H,33,37)/t21-/m0/s1. The van der Waals surface area contributed by atoms with Crippen molar-refractivity contribution < 1.29 is 32.3 Å². The van der Waals surface area contributed by atoms with Crippen LogP contribution in [0.5, 0.6) is 0 Å². The van der Waals surface area contributed by atoms with Gasteiger partial charge in [0.05, 0.1) is 27.1 Å².